The zero-order chi connectivity index (χ0) is 19.9. The topological polar surface area (TPSA) is 61.9 Å². The molecule has 2 fully saturated rings. The summed E-state index contributed by atoms with van der Waals surface area (Å²) < 4.78 is 5.63. The van der Waals surface area contributed by atoms with Gasteiger partial charge in [-0.15, -0.1) is 0 Å². The number of benzene rings is 1. The highest BCUT2D eigenvalue weighted by atomic mass is 35.5. The maximum atomic E-state index is 12.5. The average Bonchev–Trinajstić information content (AvgIpc) is 3.24. The van der Waals surface area contributed by atoms with Crippen molar-refractivity contribution in [1.82, 2.24) is 15.1 Å². The van der Waals surface area contributed by atoms with Crippen molar-refractivity contribution >= 4 is 23.4 Å². The van der Waals surface area contributed by atoms with Gasteiger partial charge in [0.05, 0.1) is 0 Å². The van der Waals surface area contributed by atoms with Crippen molar-refractivity contribution in [2.24, 2.45) is 5.92 Å². The average molecular weight is 408 g/mol. The lowest BCUT2D eigenvalue weighted by molar-refractivity contribution is -0.137. The minimum absolute atomic E-state index is 0.134. The smallest absolute Gasteiger partial charge is 0.260 e. The third-order valence-corrected chi connectivity index (χ3v) is 5.86. The van der Waals surface area contributed by atoms with Crippen LogP contribution in [0.15, 0.2) is 24.3 Å². The van der Waals surface area contributed by atoms with Crippen LogP contribution in [0.25, 0.3) is 0 Å². The van der Waals surface area contributed by atoms with Crippen LogP contribution in [0.3, 0.4) is 0 Å². The second-order valence-corrected chi connectivity index (χ2v) is 8.09. The van der Waals surface area contributed by atoms with E-state index in [2.05, 4.69) is 10.2 Å². The van der Waals surface area contributed by atoms with E-state index in [-0.39, 0.29) is 11.8 Å². The van der Waals surface area contributed by atoms with E-state index < -0.39 is 6.10 Å². The largest absolute Gasteiger partial charge is 0.481 e. The summed E-state index contributed by atoms with van der Waals surface area (Å²) in [5.41, 5.74) is 0. The van der Waals surface area contributed by atoms with Crippen LogP contribution < -0.4 is 10.1 Å². The SMILES string of the molecule is CC(Oc1ccc(Cl)cc1)C(=O)NCCN1CCN(C(=O)C2CCCC2)CC1. The first kappa shape index (κ1) is 20.9. The summed E-state index contributed by atoms with van der Waals surface area (Å²) in [7, 11) is 0. The maximum Gasteiger partial charge on any atom is 0.260 e. The number of carbonyl (C=O) groups is 2. The summed E-state index contributed by atoms with van der Waals surface area (Å²) in [6.07, 6.45) is 3.93. The lowest BCUT2D eigenvalue weighted by Crippen LogP contribution is -2.51. The Morgan fingerprint density at radius 2 is 1.79 bits per heavy atom. The second kappa shape index (κ2) is 10.1. The summed E-state index contributed by atoms with van der Waals surface area (Å²) in [5.74, 6) is 1.09. The van der Waals surface area contributed by atoms with Crippen molar-refractivity contribution < 1.29 is 14.3 Å². The molecule has 1 N–H and O–H groups in total. The molecule has 1 atom stereocenters. The van der Waals surface area contributed by atoms with Gasteiger partial charge in [0.1, 0.15) is 5.75 Å². The molecule has 0 spiro atoms. The summed E-state index contributed by atoms with van der Waals surface area (Å²) >= 11 is 5.85. The van der Waals surface area contributed by atoms with Gasteiger partial charge in [-0.25, -0.2) is 0 Å². The van der Waals surface area contributed by atoms with Crippen LogP contribution >= 0.6 is 11.6 Å². The fraction of sp³-hybridized carbons (Fsp3) is 0.619. The van der Waals surface area contributed by atoms with E-state index in [0.717, 1.165) is 45.6 Å². The van der Waals surface area contributed by atoms with E-state index in [1.807, 2.05) is 4.90 Å². The van der Waals surface area contributed by atoms with Crippen molar-refractivity contribution in [3.8, 4) is 5.75 Å². The molecule has 1 saturated carbocycles. The molecule has 28 heavy (non-hydrogen) atoms. The molecule has 0 aromatic heterocycles. The van der Waals surface area contributed by atoms with Crippen LogP contribution in [0.5, 0.6) is 5.75 Å². The molecule has 1 aromatic rings. The summed E-state index contributed by atoms with van der Waals surface area (Å²) in [6, 6.07) is 6.97. The Balaban J connectivity index is 1.32. The molecule has 1 heterocycles. The van der Waals surface area contributed by atoms with Crippen LogP contribution in [-0.2, 0) is 9.59 Å². The van der Waals surface area contributed by atoms with Gasteiger partial charge in [0.2, 0.25) is 5.91 Å². The second-order valence-electron chi connectivity index (χ2n) is 7.65. The Bertz CT molecular complexity index is 653. The molecule has 3 rings (SSSR count). The van der Waals surface area contributed by atoms with E-state index >= 15 is 0 Å². The van der Waals surface area contributed by atoms with Gasteiger partial charge >= 0.3 is 0 Å². The molecule has 2 amide bonds. The number of hydrogen-bond acceptors (Lipinski definition) is 4. The Hall–Kier alpha value is -1.79. The highest BCUT2D eigenvalue weighted by Gasteiger charge is 2.29. The lowest BCUT2D eigenvalue weighted by atomic mass is 10.1. The number of nitrogens with one attached hydrogen (secondary N) is 1. The Labute approximate surface area is 172 Å². The van der Waals surface area contributed by atoms with Gasteiger partial charge in [0, 0.05) is 50.2 Å². The van der Waals surface area contributed by atoms with E-state index in [4.69, 9.17) is 16.3 Å². The van der Waals surface area contributed by atoms with Crippen molar-refractivity contribution in [2.75, 3.05) is 39.3 Å². The first-order valence-corrected chi connectivity index (χ1v) is 10.6. The molecule has 0 radical (unpaired) electrons. The van der Waals surface area contributed by atoms with Gasteiger partial charge < -0.3 is 15.0 Å². The van der Waals surface area contributed by atoms with Crippen molar-refractivity contribution in [2.45, 2.75) is 38.7 Å². The molecule has 0 bridgehead atoms. The van der Waals surface area contributed by atoms with Gasteiger partial charge in [-0.1, -0.05) is 24.4 Å². The summed E-state index contributed by atoms with van der Waals surface area (Å²) in [5, 5.41) is 3.56. The number of nitrogens with zero attached hydrogens (tertiary/aromatic N) is 2. The molecule has 1 unspecified atom stereocenters. The Kier molecular flexibility index (Phi) is 7.57. The molecule has 154 valence electrons. The van der Waals surface area contributed by atoms with Gasteiger partial charge in [0.25, 0.3) is 5.91 Å². The monoisotopic (exact) mass is 407 g/mol. The van der Waals surface area contributed by atoms with Gasteiger partial charge in [-0.05, 0) is 44.0 Å². The molecule has 2 aliphatic rings. The third-order valence-electron chi connectivity index (χ3n) is 5.61. The molecule has 1 aromatic carbocycles. The number of ether oxygens (including phenoxy) is 1. The minimum Gasteiger partial charge on any atom is -0.481 e. The van der Waals surface area contributed by atoms with E-state index in [9.17, 15) is 9.59 Å². The number of rotatable bonds is 7. The van der Waals surface area contributed by atoms with Gasteiger partial charge in [0.15, 0.2) is 6.10 Å². The van der Waals surface area contributed by atoms with E-state index in [1.165, 1.54) is 12.8 Å². The van der Waals surface area contributed by atoms with Crippen LogP contribution in [0.1, 0.15) is 32.6 Å². The predicted octanol–water partition coefficient (Wildman–Crippen LogP) is 2.56. The molecular weight excluding hydrogens is 378 g/mol. The zero-order valence-corrected chi connectivity index (χ0v) is 17.3. The molecule has 1 saturated heterocycles. The Morgan fingerprint density at radius 3 is 2.43 bits per heavy atom. The van der Waals surface area contributed by atoms with Gasteiger partial charge in [-0.3, -0.25) is 14.5 Å². The fourth-order valence-corrected chi connectivity index (χ4v) is 4.00. The number of piperazine rings is 1. The molecular formula is C21H30ClN3O3. The summed E-state index contributed by atoms with van der Waals surface area (Å²) in [6.45, 7) is 6.40. The number of carbonyl (C=O) groups excluding carboxylic acids is 2. The summed E-state index contributed by atoms with van der Waals surface area (Å²) in [4.78, 5) is 29.0. The molecule has 6 nitrogen and oxygen atoms in total. The fourth-order valence-electron chi connectivity index (χ4n) is 3.87. The molecule has 1 aliphatic heterocycles. The van der Waals surface area contributed by atoms with E-state index in [1.54, 1.807) is 31.2 Å². The highest BCUT2D eigenvalue weighted by molar-refractivity contribution is 6.30. The number of halogens is 1. The quantitative estimate of drug-likeness (QED) is 0.754. The van der Waals surface area contributed by atoms with E-state index in [0.29, 0.717) is 23.2 Å². The van der Waals surface area contributed by atoms with Crippen LogP contribution in [0.4, 0.5) is 0 Å². The maximum absolute atomic E-state index is 12.5. The van der Waals surface area contributed by atoms with Gasteiger partial charge in [-0.2, -0.15) is 0 Å². The van der Waals surface area contributed by atoms with Crippen molar-refractivity contribution in [3.63, 3.8) is 0 Å². The van der Waals surface area contributed by atoms with Crippen molar-refractivity contribution in [3.05, 3.63) is 29.3 Å². The zero-order valence-electron chi connectivity index (χ0n) is 16.5. The normalized spacial score (nSPS) is 19.4. The minimum atomic E-state index is -0.568. The first-order chi connectivity index (χ1) is 13.5. The van der Waals surface area contributed by atoms with Crippen LogP contribution in [0.2, 0.25) is 5.02 Å². The Morgan fingerprint density at radius 1 is 1.14 bits per heavy atom. The van der Waals surface area contributed by atoms with Crippen LogP contribution in [-0.4, -0.2) is 67.0 Å². The number of amides is 2. The highest BCUT2D eigenvalue weighted by Crippen LogP contribution is 2.26. The molecule has 1 aliphatic carbocycles. The number of hydrogen-bond donors (Lipinski definition) is 1. The standard InChI is InChI=1S/C21H30ClN3O3/c1-16(28-19-8-6-18(22)7-9-19)20(26)23-10-11-24-12-14-25(15-13-24)21(27)17-4-2-3-5-17/h6-9,16-17H,2-5,10-15H2,1H3,(H,23,26). The van der Waals surface area contributed by atoms with Crippen molar-refractivity contribution in [1.29, 1.82) is 0 Å². The molecule has 7 heteroatoms. The lowest BCUT2D eigenvalue weighted by Gasteiger charge is -2.36. The van der Waals surface area contributed by atoms with Crippen LogP contribution in [0, 0.1) is 5.92 Å². The third kappa shape index (κ3) is 5.85. The first-order valence-electron chi connectivity index (χ1n) is 10.2. The predicted molar refractivity (Wildman–Crippen MR) is 110 cm³/mol.